The van der Waals surface area contributed by atoms with Gasteiger partial charge < -0.3 is 14.5 Å². The van der Waals surface area contributed by atoms with E-state index in [-0.39, 0.29) is 18.0 Å². The van der Waals surface area contributed by atoms with Gasteiger partial charge >= 0.3 is 6.09 Å². The lowest BCUT2D eigenvalue weighted by atomic mass is 10.1. The first-order valence-corrected chi connectivity index (χ1v) is 10.3. The molecule has 0 N–H and O–H groups in total. The molecule has 0 radical (unpaired) electrons. The highest BCUT2D eigenvalue weighted by molar-refractivity contribution is 9.09. The topological polar surface area (TPSA) is 67.7 Å². The predicted octanol–water partition coefficient (Wildman–Crippen LogP) is 3.20. The number of carbonyl (C=O) groups excluding carboxylic acids is 2. The summed E-state index contributed by atoms with van der Waals surface area (Å²) in [7, 11) is 0. The average molecular weight is 427 g/mol. The number of rotatable bonds is 3. The van der Waals surface area contributed by atoms with E-state index in [0.717, 1.165) is 30.4 Å². The molecule has 26 heavy (non-hydrogen) atoms. The molecule has 1 aromatic rings. The Morgan fingerprint density at radius 1 is 1.35 bits per heavy atom. The molecule has 0 aliphatic carbocycles. The van der Waals surface area contributed by atoms with E-state index in [1.807, 2.05) is 36.5 Å². The maximum atomic E-state index is 12.2. The smallest absolute Gasteiger partial charge is 0.410 e. The first-order valence-electron chi connectivity index (χ1n) is 9.15. The number of halogens is 1. The minimum atomic E-state index is -0.472. The second-order valence-corrected chi connectivity index (χ2v) is 8.75. The number of hydrogen-bond donors (Lipinski definition) is 0. The number of aromatic nitrogens is 2. The van der Waals surface area contributed by atoms with Crippen LogP contribution in [0.4, 0.5) is 10.5 Å². The van der Waals surface area contributed by atoms with Crippen LogP contribution in [0, 0.1) is 5.92 Å². The second kappa shape index (κ2) is 7.58. The van der Waals surface area contributed by atoms with Crippen LogP contribution in [0.3, 0.4) is 0 Å². The molecule has 1 atom stereocenters. The van der Waals surface area contributed by atoms with E-state index < -0.39 is 5.60 Å². The van der Waals surface area contributed by atoms with Crippen molar-refractivity contribution in [3.05, 3.63) is 12.4 Å². The number of nitrogens with zero attached hydrogens (tertiary/aromatic N) is 4. The third-order valence-electron chi connectivity index (χ3n) is 4.81. The van der Waals surface area contributed by atoms with Crippen molar-refractivity contribution >= 4 is 33.6 Å². The van der Waals surface area contributed by atoms with Gasteiger partial charge in [-0.1, -0.05) is 15.9 Å². The Morgan fingerprint density at radius 3 is 2.62 bits per heavy atom. The van der Waals surface area contributed by atoms with Crippen molar-refractivity contribution in [2.45, 2.75) is 51.7 Å². The summed E-state index contributed by atoms with van der Waals surface area (Å²) in [6.45, 7) is 7.69. The first-order chi connectivity index (χ1) is 12.3. The summed E-state index contributed by atoms with van der Waals surface area (Å²) in [5, 5.41) is 5.32. The monoisotopic (exact) mass is 426 g/mol. The molecule has 2 saturated heterocycles. The Bertz CT molecular complexity index is 662. The highest BCUT2D eigenvalue weighted by Gasteiger charge is 2.32. The number of anilines is 1. The van der Waals surface area contributed by atoms with Crippen molar-refractivity contribution in [2.24, 2.45) is 5.92 Å². The SMILES string of the molecule is CC(C)(C)OC(=O)N1CCC(n2cc(N3CC(CBr)CC3=O)cn2)CC1. The lowest BCUT2D eigenvalue weighted by molar-refractivity contribution is -0.117. The summed E-state index contributed by atoms with van der Waals surface area (Å²) in [4.78, 5) is 27.9. The van der Waals surface area contributed by atoms with Crippen LogP contribution in [-0.2, 0) is 9.53 Å². The molecular formula is C18H27BrN4O3. The Labute approximate surface area is 162 Å². The van der Waals surface area contributed by atoms with Gasteiger partial charge in [0.2, 0.25) is 5.91 Å². The molecule has 1 unspecified atom stereocenters. The third-order valence-corrected chi connectivity index (χ3v) is 5.73. The summed E-state index contributed by atoms with van der Waals surface area (Å²) in [5.41, 5.74) is 0.396. The Morgan fingerprint density at radius 2 is 2.04 bits per heavy atom. The van der Waals surface area contributed by atoms with Crippen LogP contribution in [0.15, 0.2) is 12.4 Å². The van der Waals surface area contributed by atoms with Crippen LogP contribution >= 0.6 is 15.9 Å². The van der Waals surface area contributed by atoms with Crippen molar-refractivity contribution in [3.8, 4) is 0 Å². The van der Waals surface area contributed by atoms with Gasteiger partial charge in [0, 0.05) is 37.6 Å². The molecule has 3 rings (SSSR count). The van der Waals surface area contributed by atoms with Gasteiger partial charge in [0.05, 0.1) is 17.9 Å². The summed E-state index contributed by atoms with van der Waals surface area (Å²) in [6, 6.07) is 0.243. The van der Waals surface area contributed by atoms with Gasteiger partial charge in [-0.25, -0.2) is 4.79 Å². The van der Waals surface area contributed by atoms with Crippen molar-refractivity contribution in [1.82, 2.24) is 14.7 Å². The van der Waals surface area contributed by atoms with E-state index in [2.05, 4.69) is 21.0 Å². The fourth-order valence-corrected chi connectivity index (χ4v) is 3.87. The highest BCUT2D eigenvalue weighted by Crippen LogP contribution is 2.29. The molecule has 2 fully saturated rings. The molecule has 3 heterocycles. The number of hydrogen-bond acceptors (Lipinski definition) is 4. The van der Waals surface area contributed by atoms with E-state index in [4.69, 9.17) is 4.74 Å². The van der Waals surface area contributed by atoms with Crippen molar-refractivity contribution in [2.75, 3.05) is 29.9 Å². The minimum absolute atomic E-state index is 0.161. The molecule has 7 nitrogen and oxygen atoms in total. The lowest BCUT2D eigenvalue weighted by Crippen LogP contribution is -2.42. The van der Waals surface area contributed by atoms with Crippen LogP contribution in [0.2, 0.25) is 0 Å². The largest absolute Gasteiger partial charge is 0.444 e. The molecule has 2 aliphatic heterocycles. The van der Waals surface area contributed by atoms with Crippen LogP contribution < -0.4 is 4.90 Å². The van der Waals surface area contributed by atoms with E-state index in [9.17, 15) is 9.59 Å². The molecule has 144 valence electrons. The maximum absolute atomic E-state index is 12.2. The van der Waals surface area contributed by atoms with E-state index in [1.54, 1.807) is 11.1 Å². The second-order valence-electron chi connectivity index (χ2n) is 8.11. The van der Waals surface area contributed by atoms with Crippen molar-refractivity contribution in [3.63, 3.8) is 0 Å². The number of carbonyl (C=O) groups is 2. The van der Waals surface area contributed by atoms with Gasteiger partial charge in [-0.15, -0.1) is 0 Å². The van der Waals surface area contributed by atoms with E-state index >= 15 is 0 Å². The highest BCUT2D eigenvalue weighted by atomic mass is 79.9. The van der Waals surface area contributed by atoms with Gasteiger partial charge in [-0.3, -0.25) is 9.48 Å². The van der Waals surface area contributed by atoms with Gasteiger partial charge in [-0.05, 0) is 39.5 Å². The summed E-state index contributed by atoms with van der Waals surface area (Å²) < 4.78 is 7.38. The number of ether oxygens (including phenoxy) is 1. The van der Waals surface area contributed by atoms with Crippen molar-refractivity contribution < 1.29 is 14.3 Å². The fourth-order valence-electron chi connectivity index (χ4n) is 3.44. The summed E-state index contributed by atoms with van der Waals surface area (Å²) in [5.74, 6) is 0.525. The van der Waals surface area contributed by atoms with Crippen LogP contribution in [0.25, 0.3) is 0 Å². The Balaban J connectivity index is 1.57. The van der Waals surface area contributed by atoms with Gasteiger partial charge in [0.15, 0.2) is 0 Å². The fraction of sp³-hybridized carbons (Fsp3) is 0.722. The molecular weight excluding hydrogens is 400 g/mol. The van der Waals surface area contributed by atoms with E-state index in [0.29, 0.717) is 25.4 Å². The number of piperidine rings is 1. The normalized spacial score (nSPS) is 22.2. The van der Waals surface area contributed by atoms with Gasteiger partial charge in [-0.2, -0.15) is 5.10 Å². The van der Waals surface area contributed by atoms with Crippen LogP contribution in [-0.4, -0.2) is 57.2 Å². The zero-order chi connectivity index (χ0) is 18.9. The quantitative estimate of drug-likeness (QED) is 0.695. The maximum Gasteiger partial charge on any atom is 0.410 e. The van der Waals surface area contributed by atoms with E-state index in [1.165, 1.54) is 0 Å². The third kappa shape index (κ3) is 4.39. The predicted molar refractivity (Wildman–Crippen MR) is 103 cm³/mol. The molecule has 0 aromatic carbocycles. The molecule has 0 bridgehead atoms. The van der Waals surface area contributed by atoms with Crippen LogP contribution in [0.1, 0.15) is 46.1 Å². The molecule has 0 spiro atoms. The molecule has 0 saturated carbocycles. The van der Waals surface area contributed by atoms with Crippen LogP contribution in [0.5, 0.6) is 0 Å². The minimum Gasteiger partial charge on any atom is -0.444 e. The summed E-state index contributed by atoms with van der Waals surface area (Å²) in [6.07, 6.45) is 5.74. The average Bonchev–Trinajstić information content (AvgIpc) is 3.19. The Hall–Kier alpha value is -1.57. The molecule has 8 heteroatoms. The van der Waals surface area contributed by atoms with Gasteiger partial charge in [0.25, 0.3) is 0 Å². The molecule has 2 aliphatic rings. The summed E-state index contributed by atoms with van der Waals surface area (Å²) >= 11 is 3.46. The standard InChI is InChI=1S/C18H27BrN4O3/c1-18(2,3)26-17(25)21-6-4-14(5-7-21)23-12-15(10-20-23)22-11-13(9-19)8-16(22)24/h10,12-14H,4-9,11H2,1-3H3. The van der Waals surface area contributed by atoms with Gasteiger partial charge in [0.1, 0.15) is 5.60 Å². The number of likely N-dealkylation sites (tertiary alicyclic amines) is 1. The number of alkyl halides is 1. The Kier molecular flexibility index (Phi) is 5.60. The molecule has 2 amide bonds. The first kappa shape index (κ1) is 19.2. The lowest BCUT2D eigenvalue weighted by Gasteiger charge is -2.33. The zero-order valence-corrected chi connectivity index (χ0v) is 17.2. The molecule has 1 aromatic heterocycles. The van der Waals surface area contributed by atoms with Crippen molar-refractivity contribution in [1.29, 1.82) is 0 Å². The zero-order valence-electron chi connectivity index (χ0n) is 15.7. The number of amides is 2.